The zero-order valence-corrected chi connectivity index (χ0v) is 18.5. The van der Waals surface area contributed by atoms with E-state index in [-0.39, 0.29) is 5.91 Å². The number of benzene rings is 2. The third-order valence-corrected chi connectivity index (χ3v) is 5.56. The molecule has 0 aliphatic rings. The molecule has 0 fully saturated rings. The van der Waals surface area contributed by atoms with E-state index in [4.69, 9.17) is 9.72 Å². The summed E-state index contributed by atoms with van der Waals surface area (Å²) in [6, 6.07) is 19.6. The molecule has 2 aromatic heterocycles. The number of hydrogen-bond acceptors (Lipinski definition) is 4. The number of amides is 1. The van der Waals surface area contributed by atoms with Gasteiger partial charge in [0, 0.05) is 19.2 Å². The minimum atomic E-state index is -0.152. The molecule has 2 aromatic carbocycles. The Hall–Kier alpha value is -3.67. The number of nitrogens with zero attached hydrogens (tertiary/aromatic N) is 3. The SMILES string of the molecule is Cc1ccc(OCCn2c(CCCNC(=O)c3ccccn3)nc3ccccc32)cc1C. The quantitative estimate of drug-likeness (QED) is 0.399. The first-order valence-corrected chi connectivity index (χ1v) is 11.0. The van der Waals surface area contributed by atoms with Crippen LogP contribution in [0.2, 0.25) is 0 Å². The van der Waals surface area contributed by atoms with Crippen molar-refractivity contribution in [2.45, 2.75) is 33.2 Å². The Kier molecular flexibility index (Phi) is 6.80. The summed E-state index contributed by atoms with van der Waals surface area (Å²) in [6.07, 6.45) is 3.18. The van der Waals surface area contributed by atoms with Crippen LogP contribution in [0, 0.1) is 13.8 Å². The van der Waals surface area contributed by atoms with Crippen LogP contribution < -0.4 is 10.1 Å². The van der Waals surface area contributed by atoms with E-state index in [1.165, 1.54) is 11.1 Å². The van der Waals surface area contributed by atoms with Crippen molar-refractivity contribution in [3.8, 4) is 5.75 Å². The molecule has 0 radical (unpaired) electrons. The Bertz CT molecular complexity index is 1200. The fourth-order valence-electron chi connectivity index (χ4n) is 3.66. The molecule has 32 heavy (non-hydrogen) atoms. The van der Waals surface area contributed by atoms with Gasteiger partial charge in [0.05, 0.1) is 17.6 Å². The summed E-state index contributed by atoms with van der Waals surface area (Å²) in [6.45, 7) is 6.03. The average molecular weight is 429 g/mol. The number of carbonyl (C=O) groups is 1. The van der Waals surface area contributed by atoms with Crippen molar-refractivity contribution in [2.24, 2.45) is 0 Å². The van der Waals surface area contributed by atoms with Gasteiger partial charge in [0.25, 0.3) is 5.91 Å². The molecule has 1 amide bonds. The maximum Gasteiger partial charge on any atom is 0.269 e. The summed E-state index contributed by atoms with van der Waals surface area (Å²) in [4.78, 5) is 21.1. The van der Waals surface area contributed by atoms with E-state index < -0.39 is 0 Å². The summed E-state index contributed by atoms with van der Waals surface area (Å²) < 4.78 is 8.23. The molecule has 164 valence electrons. The monoisotopic (exact) mass is 428 g/mol. The van der Waals surface area contributed by atoms with Crippen LogP contribution in [0.15, 0.2) is 66.9 Å². The lowest BCUT2D eigenvalue weighted by Gasteiger charge is -2.12. The molecule has 0 saturated carbocycles. The molecule has 0 atom stereocenters. The third-order valence-electron chi connectivity index (χ3n) is 5.56. The highest BCUT2D eigenvalue weighted by atomic mass is 16.5. The average Bonchev–Trinajstić information content (AvgIpc) is 3.17. The number of hydrogen-bond donors (Lipinski definition) is 1. The molecular formula is C26H28N4O2. The molecule has 0 aliphatic carbocycles. The minimum Gasteiger partial charge on any atom is -0.492 e. The Morgan fingerprint density at radius 1 is 1.03 bits per heavy atom. The first kappa shape index (κ1) is 21.6. The van der Waals surface area contributed by atoms with Gasteiger partial charge in [-0.1, -0.05) is 24.3 Å². The number of para-hydroxylation sites is 2. The van der Waals surface area contributed by atoms with Crippen molar-refractivity contribution in [2.75, 3.05) is 13.2 Å². The van der Waals surface area contributed by atoms with Crippen LogP contribution in [0.4, 0.5) is 0 Å². The van der Waals surface area contributed by atoms with Gasteiger partial charge in [-0.15, -0.1) is 0 Å². The molecule has 0 bridgehead atoms. The maximum absolute atomic E-state index is 12.2. The molecule has 6 nitrogen and oxygen atoms in total. The van der Waals surface area contributed by atoms with Gasteiger partial charge < -0.3 is 14.6 Å². The molecule has 2 heterocycles. The summed E-state index contributed by atoms with van der Waals surface area (Å²) in [5.41, 5.74) is 5.00. The van der Waals surface area contributed by atoms with Crippen molar-refractivity contribution in [1.29, 1.82) is 0 Å². The minimum absolute atomic E-state index is 0.152. The van der Waals surface area contributed by atoms with Crippen LogP contribution in [0.5, 0.6) is 5.75 Å². The molecule has 6 heteroatoms. The van der Waals surface area contributed by atoms with E-state index in [2.05, 4.69) is 46.9 Å². The number of fused-ring (bicyclic) bond motifs is 1. The topological polar surface area (TPSA) is 69.0 Å². The number of nitrogens with one attached hydrogen (secondary N) is 1. The molecule has 0 spiro atoms. The molecule has 0 aliphatic heterocycles. The highest BCUT2D eigenvalue weighted by molar-refractivity contribution is 5.92. The van der Waals surface area contributed by atoms with Crippen LogP contribution in [0.1, 0.15) is 33.9 Å². The zero-order chi connectivity index (χ0) is 22.3. The second kappa shape index (κ2) is 10.1. The van der Waals surface area contributed by atoms with E-state index in [0.717, 1.165) is 35.4 Å². The number of imidazole rings is 1. The standard InChI is InChI=1S/C26H28N4O2/c1-19-12-13-21(18-20(19)2)32-17-16-30-24-10-4-3-8-22(24)29-25(30)11-7-15-28-26(31)23-9-5-6-14-27-23/h3-6,8-10,12-14,18H,7,11,15-17H2,1-2H3,(H,28,31). The molecule has 0 saturated heterocycles. The summed E-state index contributed by atoms with van der Waals surface area (Å²) in [5, 5.41) is 2.93. The van der Waals surface area contributed by atoms with Crippen molar-refractivity contribution in [3.63, 3.8) is 0 Å². The van der Waals surface area contributed by atoms with Gasteiger partial charge >= 0.3 is 0 Å². The van der Waals surface area contributed by atoms with E-state index in [0.29, 0.717) is 25.4 Å². The van der Waals surface area contributed by atoms with Crippen LogP contribution in [-0.4, -0.2) is 33.6 Å². The summed E-state index contributed by atoms with van der Waals surface area (Å²) >= 11 is 0. The smallest absolute Gasteiger partial charge is 0.269 e. The van der Waals surface area contributed by atoms with Gasteiger partial charge in [-0.05, 0) is 67.8 Å². The van der Waals surface area contributed by atoms with E-state index in [1.807, 2.05) is 30.3 Å². The fourth-order valence-corrected chi connectivity index (χ4v) is 3.66. The Balaban J connectivity index is 1.37. The van der Waals surface area contributed by atoms with Crippen molar-refractivity contribution < 1.29 is 9.53 Å². The predicted molar refractivity (Wildman–Crippen MR) is 126 cm³/mol. The molecule has 1 N–H and O–H groups in total. The normalized spacial score (nSPS) is 10.9. The Morgan fingerprint density at radius 2 is 1.88 bits per heavy atom. The first-order valence-electron chi connectivity index (χ1n) is 11.0. The van der Waals surface area contributed by atoms with Gasteiger partial charge in [-0.2, -0.15) is 0 Å². The van der Waals surface area contributed by atoms with Crippen molar-refractivity contribution >= 4 is 16.9 Å². The van der Waals surface area contributed by atoms with Gasteiger partial charge in [0.2, 0.25) is 0 Å². The van der Waals surface area contributed by atoms with Crippen LogP contribution in [-0.2, 0) is 13.0 Å². The molecule has 0 unspecified atom stereocenters. The Labute approximate surface area is 188 Å². The van der Waals surface area contributed by atoms with Crippen LogP contribution in [0.3, 0.4) is 0 Å². The second-order valence-electron chi connectivity index (χ2n) is 7.84. The summed E-state index contributed by atoms with van der Waals surface area (Å²) in [7, 11) is 0. The number of aryl methyl sites for hydroxylation is 3. The van der Waals surface area contributed by atoms with Gasteiger partial charge in [0.15, 0.2) is 0 Å². The van der Waals surface area contributed by atoms with Crippen LogP contribution in [0.25, 0.3) is 11.0 Å². The van der Waals surface area contributed by atoms with E-state index in [9.17, 15) is 4.79 Å². The largest absolute Gasteiger partial charge is 0.492 e. The lowest BCUT2D eigenvalue weighted by atomic mass is 10.1. The number of pyridine rings is 1. The first-order chi connectivity index (χ1) is 15.6. The lowest BCUT2D eigenvalue weighted by Crippen LogP contribution is -2.25. The highest BCUT2D eigenvalue weighted by Gasteiger charge is 2.11. The third kappa shape index (κ3) is 5.14. The van der Waals surface area contributed by atoms with Crippen molar-refractivity contribution in [1.82, 2.24) is 19.9 Å². The van der Waals surface area contributed by atoms with Gasteiger partial charge in [0.1, 0.15) is 23.9 Å². The maximum atomic E-state index is 12.2. The summed E-state index contributed by atoms with van der Waals surface area (Å²) in [5.74, 6) is 1.74. The molecule has 4 rings (SSSR count). The molecular weight excluding hydrogens is 400 g/mol. The fraction of sp³-hybridized carbons (Fsp3) is 0.269. The predicted octanol–water partition coefficient (Wildman–Crippen LogP) is 4.49. The number of aromatic nitrogens is 3. The van der Waals surface area contributed by atoms with Gasteiger partial charge in [-0.25, -0.2) is 4.98 Å². The lowest BCUT2D eigenvalue weighted by molar-refractivity contribution is 0.0948. The second-order valence-corrected chi connectivity index (χ2v) is 7.84. The van der Waals surface area contributed by atoms with Crippen LogP contribution >= 0.6 is 0 Å². The number of ether oxygens (including phenoxy) is 1. The highest BCUT2D eigenvalue weighted by Crippen LogP contribution is 2.19. The van der Waals surface area contributed by atoms with Gasteiger partial charge in [-0.3, -0.25) is 9.78 Å². The van der Waals surface area contributed by atoms with E-state index >= 15 is 0 Å². The van der Waals surface area contributed by atoms with Crippen molar-refractivity contribution in [3.05, 3.63) is 89.5 Å². The number of carbonyl (C=O) groups excluding carboxylic acids is 1. The molecule has 4 aromatic rings. The Morgan fingerprint density at radius 3 is 2.69 bits per heavy atom. The zero-order valence-electron chi connectivity index (χ0n) is 18.5. The number of rotatable bonds is 9. The van der Waals surface area contributed by atoms with E-state index in [1.54, 1.807) is 18.3 Å².